The Kier molecular flexibility index (Phi) is 5.11. The first-order chi connectivity index (χ1) is 13.8. The number of benzene rings is 2. The quantitative estimate of drug-likeness (QED) is 0.401. The highest BCUT2D eigenvalue weighted by Crippen LogP contribution is 2.29. The van der Waals surface area contributed by atoms with Gasteiger partial charge in [0.25, 0.3) is 0 Å². The molecule has 0 spiro atoms. The summed E-state index contributed by atoms with van der Waals surface area (Å²) in [6, 6.07) is 8.51. The third kappa shape index (κ3) is 3.76. The fraction of sp³-hybridized carbons (Fsp3) is 0.182. The summed E-state index contributed by atoms with van der Waals surface area (Å²) in [6.07, 6.45) is 2.02. The van der Waals surface area contributed by atoms with Crippen molar-refractivity contribution in [2.75, 3.05) is 5.32 Å². The molecule has 0 aliphatic heterocycles. The molecule has 0 aliphatic carbocycles. The van der Waals surface area contributed by atoms with Crippen LogP contribution in [0.2, 0.25) is 10.0 Å². The van der Waals surface area contributed by atoms with Crippen LogP contribution in [0.5, 0.6) is 0 Å². The Morgan fingerprint density at radius 1 is 1.07 bits per heavy atom. The fourth-order valence-electron chi connectivity index (χ4n) is 3.37. The van der Waals surface area contributed by atoms with Gasteiger partial charge in [-0.05, 0) is 55.7 Å². The van der Waals surface area contributed by atoms with E-state index in [0.717, 1.165) is 21.9 Å². The minimum Gasteiger partial charge on any atom is -0.464 e. The van der Waals surface area contributed by atoms with Crippen molar-refractivity contribution in [1.82, 2.24) is 0 Å². The standard InChI is InChI=1S/C22H17Cl2NO4/c1-11-10-28-19-9-20-16(8-15(11)19)12(2)14(22(27)29-20)4-6-21(26)25-18-7-13(23)3-5-17(18)24/h3,5,7-10H,4,6H2,1-2H3,(H,25,26). The highest BCUT2D eigenvalue weighted by Gasteiger charge is 2.16. The maximum absolute atomic E-state index is 12.5. The van der Waals surface area contributed by atoms with Crippen LogP contribution in [0.3, 0.4) is 0 Å². The van der Waals surface area contributed by atoms with E-state index in [4.69, 9.17) is 32.0 Å². The van der Waals surface area contributed by atoms with Gasteiger partial charge in [0.2, 0.25) is 5.91 Å². The zero-order chi connectivity index (χ0) is 20.7. The Morgan fingerprint density at radius 2 is 1.86 bits per heavy atom. The molecular weight excluding hydrogens is 413 g/mol. The molecule has 2 heterocycles. The lowest BCUT2D eigenvalue weighted by atomic mass is 10.0. The minimum absolute atomic E-state index is 0.104. The van der Waals surface area contributed by atoms with Crippen LogP contribution in [0.15, 0.2) is 50.2 Å². The molecule has 5 nitrogen and oxygen atoms in total. The van der Waals surface area contributed by atoms with Gasteiger partial charge in [0.05, 0.1) is 17.0 Å². The molecule has 0 radical (unpaired) electrons. The number of halogens is 2. The van der Waals surface area contributed by atoms with Crippen LogP contribution in [0, 0.1) is 13.8 Å². The molecule has 2 aromatic carbocycles. The summed E-state index contributed by atoms with van der Waals surface area (Å²) < 4.78 is 11.0. The molecule has 0 atom stereocenters. The summed E-state index contributed by atoms with van der Waals surface area (Å²) in [4.78, 5) is 24.9. The van der Waals surface area contributed by atoms with Crippen LogP contribution < -0.4 is 10.9 Å². The predicted molar refractivity (Wildman–Crippen MR) is 115 cm³/mol. The Labute approximate surface area is 176 Å². The zero-order valence-corrected chi connectivity index (χ0v) is 17.3. The van der Waals surface area contributed by atoms with Gasteiger partial charge in [0.1, 0.15) is 11.2 Å². The predicted octanol–water partition coefficient (Wildman–Crippen LogP) is 6.03. The van der Waals surface area contributed by atoms with E-state index in [-0.39, 0.29) is 18.7 Å². The first kappa shape index (κ1) is 19.6. The number of nitrogens with one attached hydrogen (secondary N) is 1. The number of rotatable bonds is 4. The van der Waals surface area contributed by atoms with Crippen LogP contribution in [-0.2, 0) is 11.2 Å². The molecular formula is C22H17Cl2NO4. The number of carbonyl (C=O) groups is 1. The number of aryl methyl sites for hydroxylation is 2. The van der Waals surface area contributed by atoms with Crippen molar-refractivity contribution in [3.63, 3.8) is 0 Å². The van der Waals surface area contributed by atoms with E-state index in [1.807, 2.05) is 19.9 Å². The highest BCUT2D eigenvalue weighted by molar-refractivity contribution is 6.35. The van der Waals surface area contributed by atoms with Crippen molar-refractivity contribution in [2.24, 2.45) is 0 Å². The van der Waals surface area contributed by atoms with Crippen LogP contribution in [0.1, 0.15) is 23.1 Å². The summed E-state index contributed by atoms with van der Waals surface area (Å²) >= 11 is 12.0. The van der Waals surface area contributed by atoms with Gasteiger partial charge < -0.3 is 14.2 Å². The molecule has 0 unspecified atom stereocenters. The number of anilines is 1. The van der Waals surface area contributed by atoms with Crippen molar-refractivity contribution in [2.45, 2.75) is 26.7 Å². The molecule has 4 rings (SSSR count). The number of carbonyl (C=O) groups excluding carboxylic acids is 1. The van der Waals surface area contributed by atoms with Gasteiger partial charge in [0, 0.05) is 33.8 Å². The molecule has 1 amide bonds. The monoisotopic (exact) mass is 429 g/mol. The summed E-state index contributed by atoms with van der Waals surface area (Å²) in [5, 5.41) is 5.38. The number of amides is 1. The third-order valence-corrected chi connectivity index (χ3v) is 5.54. The van der Waals surface area contributed by atoms with Crippen molar-refractivity contribution >= 4 is 56.7 Å². The summed E-state index contributed by atoms with van der Waals surface area (Å²) in [7, 11) is 0. The van der Waals surface area contributed by atoms with Gasteiger partial charge in [-0.25, -0.2) is 4.79 Å². The van der Waals surface area contributed by atoms with Crippen LogP contribution >= 0.6 is 23.2 Å². The smallest absolute Gasteiger partial charge is 0.339 e. The van der Waals surface area contributed by atoms with Crippen LogP contribution in [-0.4, -0.2) is 5.91 Å². The summed E-state index contributed by atoms with van der Waals surface area (Å²) in [5.41, 5.74) is 3.40. The molecule has 0 saturated carbocycles. The topological polar surface area (TPSA) is 72.5 Å². The van der Waals surface area contributed by atoms with Crippen LogP contribution in [0.25, 0.3) is 21.9 Å². The molecule has 0 saturated heterocycles. The second-order valence-electron chi connectivity index (χ2n) is 6.93. The van der Waals surface area contributed by atoms with Gasteiger partial charge in [0.15, 0.2) is 0 Å². The SMILES string of the molecule is Cc1coc2cc3oc(=O)c(CCC(=O)Nc4cc(Cl)ccc4Cl)c(C)c3cc12. The molecule has 2 aromatic heterocycles. The fourth-order valence-corrected chi connectivity index (χ4v) is 3.71. The maximum atomic E-state index is 12.5. The maximum Gasteiger partial charge on any atom is 0.339 e. The summed E-state index contributed by atoms with van der Waals surface area (Å²) in [5.74, 6) is -0.269. The molecule has 7 heteroatoms. The Bertz CT molecular complexity index is 1320. The van der Waals surface area contributed by atoms with E-state index >= 15 is 0 Å². The summed E-state index contributed by atoms with van der Waals surface area (Å²) in [6.45, 7) is 3.82. The van der Waals surface area contributed by atoms with Crippen LogP contribution in [0.4, 0.5) is 5.69 Å². The van der Waals surface area contributed by atoms with Crippen molar-refractivity contribution < 1.29 is 13.6 Å². The minimum atomic E-state index is -0.453. The highest BCUT2D eigenvalue weighted by atomic mass is 35.5. The first-order valence-corrected chi connectivity index (χ1v) is 9.78. The van der Waals surface area contributed by atoms with E-state index in [9.17, 15) is 9.59 Å². The van der Waals surface area contributed by atoms with E-state index in [1.165, 1.54) is 0 Å². The molecule has 148 valence electrons. The molecule has 4 aromatic rings. The lowest BCUT2D eigenvalue weighted by Crippen LogP contribution is -2.16. The molecule has 0 aliphatic rings. The van der Waals surface area contributed by atoms with Gasteiger partial charge in [-0.2, -0.15) is 0 Å². The average Bonchev–Trinajstić information content (AvgIpc) is 3.03. The Balaban J connectivity index is 1.61. The van der Waals surface area contributed by atoms with Crippen molar-refractivity contribution in [3.05, 3.63) is 73.8 Å². The van der Waals surface area contributed by atoms with E-state index in [2.05, 4.69) is 5.32 Å². The zero-order valence-electron chi connectivity index (χ0n) is 15.8. The second kappa shape index (κ2) is 7.58. The number of furan rings is 1. The van der Waals surface area contributed by atoms with Gasteiger partial charge in [-0.1, -0.05) is 23.2 Å². The van der Waals surface area contributed by atoms with Gasteiger partial charge in [-0.3, -0.25) is 4.79 Å². The molecule has 0 bridgehead atoms. The van der Waals surface area contributed by atoms with Crippen molar-refractivity contribution in [3.8, 4) is 0 Å². The third-order valence-electron chi connectivity index (χ3n) is 4.98. The van der Waals surface area contributed by atoms with E-state index < -0.39 is 5.63 Å². The van der Waals surface area contributed by atoms with Gasteiger partial charge in [-0.15, -0.1) is 0 Å². The number of hydrogen-bond acceptors (Lipinski definition) is 4. The average molecular weight is 430 g/mol. The van der Waals surface area contributed by atoms with Gasteiger partial charge >= 0.3 is 5.63 Å². The normalized spacial score (nSPS) is 11.3. The van der Waals surface area contributed by atoms with E-state index in [1.54, 1.807) is 30.5 Å². The number of hydrogen-bond donors (Lipinski definition) is 1. The molecule has 29 heavy (non-hydrogen) atoms. The Hall–Kier alpha value is -2.76. The lowest BCUT2D eigenvalue weighted by molar-refractivity contribution is -0.116. The first-order valence-electron chi connectivity index (χ1n) is 9.02. The number of fused-ring (bicyclic) bond motifs is 2. The largest absolute Gasteiger partial charge is 0.464 e. The molecule has 0 fully saturated rings. The van der Waals surface area contributed by atoms with Crippen molar-refractivity contribution in [1.29, 1.82) is 0 Å². The second-order valence-corrected chi connectivity index (χ2v) is 7.77. The van der Waals surface area contributed by atoms with E-state index in [0.29, 0.717) is 32.5 Å². The lowest BCUT2D eigenvalue weighted by Gasteiger charge is -2.10. The molecule has 1 N–H and O–H groups in total. The Morgan fingerprint density at radius 3 is 2.66 bits per heavy atom.